The Morgan fingerprint density at radius 3 is 2.42 bits per heavy atom. The van der Waals surface area contributed by atoms with E-state index in [9.17, 15) is 0 Å². The molecule has 0 amide bonds. The Balaban J connectivity index is 2.41. The number of likely N-dealkylation sites (N-methyl/N-ethyl adjacent to an activating group) is 1. The first kappa shape index (κ1) is 16.9. The van der Waals surface area contributed by atoms with Crippen molar-refractivity contribution in [2.75, 3.05) is 46.6 Å². The molecule has 0 bridgehead atoms. The fraction of sp³-hybridized carbons (Fsp3) is 1.00. The lowest BCUT2D eigenvalue weighted by Crippen LogP contribution is -2.56. The van der Waals surface area contributed by atoms with Crippen molar-refractivity contribution in [2.45, 2.75) is 45.1 Å². The highest BCUT2D eigenvalue weighted by Gasteiger charge is 2.37. The van der Waals surface area contributed by atoms with Crippen LogP contribution in [0.15, 0.2) is 0 Å². The molecule has 1 saturated carbocycles. The number of rotatable bonds is 9. The maximum atomic E-state index is 6.11. The molecule has 1 rings (SSSR count). The Bertz CT molecular complexity index is 228. The largest absolute Gasteiger partial charge is 0.382 e. The van der Waals surface area contributed by atoms with E-state index < -0.39 is 0 Å². The molecule has 0 unspecified atom stereocenters. The van der Waals surface area contributed by atoms with Crippen LogP contribution in [0.4, 0.5) is 0 Å². The van der Waals surface area contributed by atoms with Gasteiger partial charge in [-0.3, -0.25) is 4.90 Å². The fourth-order valence-corrected chi connectivity index (χ4v) is 3.10. The predicted molar refractivity (Wildman–Crippen MR) is 79.4 cm³/mol. The molecule has 1 aliphatic carbocycles. The molecule has 1 fully saturated rings. The van der Waals surface area contributed by atoms with Crippen LogP contribution in [0.1, 0.15) is 39.5 Å². The number of nitrogens with two attached hydrogens (primary N) is 1. The second-order valence-corrected chi connectivity index (χ2v) is 5.80. The van der Waals surface area contributed by atoms with Gasteiger partial charge in [0.25, 0.3) is 0 Å². The lowest BCUT2D eigenvalue weighted by Gasteiger charge is -2.47. The molecule has 0 radical (unpaired) electrons. The molecule has 1 aliphatic rings. The van der Waals surface area contributed by atoms with Crippen molar-refractivity contribution in [3.05, 3.63) is 0 Å². The summed E-state index contributed by atoms with van der Waals surface area (Å²) < 4.78 is 10.6. The first-order valence-corrected chi connectivity index (χ1v) is 7.70. The summed E-state index contributed by atoms with van der Waals surface area (Å²) in [5, 5.41) is 0. The summed E-state index contributed by atoms with van der Waals surface area (Å²) >= 11 is 0. The third-order valence-electron chi connectivity index (χ3n) is 4.57. The maximum absolute atomic E-state index is 6.11. The van der Waals surface area contributed by atoms with Gasteiger partial charge in [0, 0.05) is 25.7 Å². The van der Waals surface area contributed by atoms with Gasteiger partial charge in [0.2, 0.25) is 0 Å². The van der Waals surface area contributed by atoms with Crippen LogP contribution in [-0.2, 0) is 9.47 Å². The smallest absolute Gasteiger partial charge is 0.0700 e. The van der Waals surface area contributed by atoms with E-state index in [1.54, 1.807) is 7.11 Å². The first-order chi connectivity index (χ1) is 9.18. The lowest BCUT2D eigenvalue weighted by molar-refractivity contribution is 0.00898. The number of methoxy groups -OCH3 is 1. The van der Waals surface area contributed by atoms with Crippen LogP contribution in [0.2, 0.25) is 0 Å². The normalized spacial score (nSPS) is 27.9. The molecule has 4 heteroatoms. The van der Waals surface area contributed by atoms with Crippen molar-refractivity contribution < 1.29 is 9.47 Å². The molecule has 2 N–H and O–H groups in total. The average Bonchev–Trinajstić information content (AvgIpc) is 2.44. The molecular weight excluding hydrogens is 240 g/mol. The quantitative estimate of drug-likeness (QED) is 0.651. The highest BCUT2D eigenvalue weighted by Crippen LogP contribution is 2.35. The van der Waals surface area contributed by atoms with Gasteiger partial charge in [-0.05, 0) is 38.1 Å². The van der Waals surface area contributed by atoms with Crippen molar-refractivity contribution >= 4 is 0 Å². The number of hydrogen-bond donors (Lipinski definition) is 1. The van der Waals surface area contributed by atoms with Crippen molar-refractivity contribution in [3.8, 4) is 0 Å². The van der Waals surface area contributed by atoms with Gasteiger partial charge in [-0.1, -0.05) is 13.8 Å². The van der Waals surface area contributed by atoms with Gasteiger partial charge in [-0.2, -0.15) is 0 Å². The highest BCUT2D eigenvalue weighted by atomic mass is 16.5. The molecular formula is C15H32N2O2. The van der Waals surface area contributed by atoms with E-state index in [-0.39, 0.29) is 5.54 Å². The summed E-state index contributed by atoms with van der Waals surface area (Å²) in [6.45, 7) is 9.51. The number of hydrogen-bond acceptors (Lipinski definition) is 4. The van der Waals surface area contributed by atoms with Gasteiger partial charge in [-0.15, -0.1) is 0 Å². The van der Waals surface area contributed by atoms with E-state index in [2.05, 4.69) is 18.7 Å². The molecule has 0 aromatic carbocycles. The molecule has 0 atom stereocenters. The van der Waals surface area contributed by atoms with Crippen LogP contribution in [0.25, 0.3) is 0 Å². The molecule has 0 heterocycles. The van der Waals surface area contributed by atoms with Gasteiger partial charge in [0.05, 0.1) is 19.8 Å². The third kappa shape index (κ3) is 5.03. The van der Waals surface area contributed by atoms with E-state index >= 15 is 0 Å². The Kier molecular flexibility index (Phi) is 7.91. The van der Waals surface area contributed by atoms with Crippen LogP contribution < -0.4 is 5.73 Å². The van der Waals surface area contributed by atoms with E-state index in [1.807, 2.05) is 0 Å². The molecule has 0 aliphatic heterocycles. The van der Waals surface area contributed by atoms with Gasteiger partial charge < -0.3 is 15.2 Å². The second kappa shape index (κ2) is 8.90. The topological polar surface area (TPSA) is 47.7 Å². The SMILES string of the molecule is CCN(CCOCCOC)C1(CN)CCC(C)CC1. The molecule has 0 aromatic rings. The van der Waals surface area contributed by atoms with Crippen molar-refractivity contribution in [1.82, 2.24) is 4.90 Å². The zero-order valence-corrected chi connectivity index (χ0v) is 13.0. The van der Waals surface area contributed by atoms with Crippen molar-refractivity contribution in [3.63, 3.8) is 0 Å². The molecule has 0 spiro atoms. The molecule has 114 valence electrons. The van der Waals surface area contributed by atoms with Crippen LogP contribution in [0, 0.1) is 5.92 Å². The highest BCUT2D eigenvalue weighted by molar-refractivity contribution is 4.95. The molecule has 4 nitrogen and oxygen atoms in total. The monoisotopic (exact) mass is 272 g/mol. The summed E-state index contributed by atoms with van der Waals surface area (Å²) in [6.07, 6.45) is 5.07. The Labute approximate surface area is 118 Å². The third-order valence-corrected chi connectivity index (χ3v) is 4.57. The van der Waals surface area contributed by atoms with Gasteiger partial charge in [-0.25, -0.2) is 0 Å². The summed E-state index contributed by atoms with van der Waals surface area (Å²) in [7, 11) is 1.70. The zero-order chi connectivity index (χ0) is 14.1. The molecule has 0 aromatic heterocycles. The van der Waals surface area contributed by atoms with Gasteiger partial charge in [0.1, 0.15) is 0 Å². The maximum Gasteiger partial charge on any atom is 0.0700 e. The summed E-state index contributed by atoms with van der Waals surface area (Å²) in [4.78, 5) is 2.53. The summed E-state index contributed by atoms with van der Waals surface area (Å²) in [5.41, 5.74) is 6.32. The minimum absolute atomic E-state index is 0.214. The van der Waals surface area contributed by atoms with Gasteiger partial charge >= 0.3 is 0 Å². The predicted octanol–water partition coefficient (Wildman–Crippen LogP) is 1.88. The van der Waals surface area contributed by atoms with E-state index in [0.29, 0.717) is 13.2 Å². The Morgan fingerprint density at radius 2 is 1.89 bits per heavy atom. The summed E-state index contributed by atoms with van der Waals surface area (Å²) in [5.74, 6) is 0.858. The lowest BCUT2D eigenvalue weighted by atomic mass is 9.76. The standard InChI is InChI=1S/C15H32N2O2/c1-4-17(9-10-19-12-11-18-3)15(13-16)7-5-14(2)6-8-15/h14H,4-13,16H2,1-3H3. The fourth-order valence-electron chi connectivity index (χ4n) is 3.10. The zero-order valence-electron chi connectivity index (χ0n) is 13.0. The number of nitrogens with zero attached hydrogens (tertiary/aromatic N) is 1. The van der Waals surface area contributed by atoms with Crippen LogP contribution in [0.5, 0.6) is 0 Å². The van der Waals surface area contributed by atoms with Crippen LogP contribution in [-0.4, -0.2) is 57.0 Å². The van der Waals surface area contributed by atoms with Crippen molar-refractivity contribution in [2.24, 2.45) is 11.7 Å². The minimum atomic E-state index is 0.214. The molecule has 19 heavy (non-hydrogen) atoms. The van der Waals surface area contributed by atoms with Gasteiger partial charge in [0.15, 0.2) is 0 Å². The average molecular weight is 272 g/mol. The Hall–Kier alpha value is -0.160. The van der Waals surface area contributed by atoms with E-state index in [0.717, 1.165) is 32.2 Å². The summed E-state index contributed by atoms with van der Waals surface area (Å²) in [6, 6.07) is 0. The minimum Gasteiger partial charge on any atom is -0.382 e. The van der Waals surface area contributed by atoms with Crippen molar-refractivity contribution in [1.29, 1.82) is 0 Å². The van der Waals surface area contributed by atoms with Crippen LogP contribution in [0.3, 0.4) is 0 Å². The van der Waals surface area contributed by atoms with E-state index in [1.165, 1.54) is 25.7 Å². The van der Waals surface area contributed by atoms with Crippen LogP contribution >= 0.6 is 0 Å². The molecule has 0 saturated heterocycles. The Morgan fingerprint density at radius 1 is 1.21 bits per heavy atom. The van der Waals surface area contributed by atoms with E-state index in [4.69, 9.17) is 15.2 Å². The number of ether oxygens (including phenoxy) is 2. The first-order valence-electron chi connectivity index (χ1n) is 7.70. The second-order valence-electron chi connectivity index (χ2n) is 5.80.